The van der Waals surface area contributed by atoms with Crippen LogP contribution in [-0.2, 0) is 9.53 Å². The van der Waals surface area contributed by atoms with Crippen molar-refractivity contribution in [3.05, 3.63) is 0 Å². The van der Waals surface area contributed by atoms with Gasteiger partial charge in [-0.05, 0) is 25.7 Å². The van der Waals surface area contributed by atoms with E-state index in [4.69, 9.17) is 15.7 Å². The summed E-state index contributed by atoms with van der Waals surface area (Å²) in [6.07, 6.45) is 2.89. The molecule has 104 valence electrons. The van der Waals surface area contributed by atoms with E-state index >= 15 is 0 Å². The Kier molecular flexibility index (Phi) is 4.95. The number of nitrogens with zero attached hydrogens (tertiary/aromatic N) is 1. The molecule has 1 rings (SSSR count). The molecule has 0 aromatic heterocycles. The molecule has 0 aliphatic heterocycles. The minimum Gasteiger partial charge on any atom is -0.409 e. The molecule has 0 aromatic rings. The summed E-state index contributed by atoms with van der Waals surface area (Å²) in [5.41, 5.74) is 4.77. The first-order valence-electron chi connectivity index (χ1n) is 6.35. The van der Waals surface area contributed by atoms with Gasteiger partial charge >= 0.3 is 0 Å². The predicted octanol–water partition coefficient (Wildman–Crippen LogP) is 0.833. The van der Waals surface area contributed by atoms with Crippen molar-refractivity contribution in [3.63, 3.8) is 0 Å². The number of carbonyl (C=O) groups is 1. The summed E-state index contributed by atoms with van der Waals surface area (Å²) in [5, 5.41) is 14.8. The van der Waals surface area contributed by atoms with Gasteiger partial charge in [0.15, 0.2) is 5.84 Å². The van der Waals surface area contributed by atoms with Gasteiger partial charge in [0.05, 0.1) is 6.10 Å². The van der Waals surface area contributed by atoms with E-state index in [0.29, 0.717) is 12.8 Å². The van der Waals surface area contributed by atoms with Gasteiger partial charge < -0.3 is 21.0 Å². The minimum atomic E-state index is -0.910. The summed E-state index contributed by atoms with van der Waals surface area (Å²) in [6.45, 7) is 3.72. The Balaban J connectivity index is 2.67. The molecule has 1 aliphatic carbocycles. The number of rotatable bonds is 6. The van der Waals surface area contributed by atoms with Gasteiger partial charge in [-0.1, -0.05) is 19.0 Å². The van der Waals surface area contributed by atoms with Crippen LogP contribution < -0.4 is 11.1 Å². The van der Waals surface area contributed by atoms with Crippen molar-refractivity contribution < 1.29 is 14.7 Å². The number of amides is 1. The standard InChI is InChI=1S/C12H23N3O3/c1-4-12(5-2,10(13)15-17)11(16)14-8-6-9(7-8)18-3/h8-9,17H,4-7H2,1-3H3,(H2,13,15)(H,14,16). The highest BCUT2D eigenvalue weighted by Gasteiger charge is 2.42. The van der Waals surface area contributed by atoms with Crippen LogP contribution >= 0.6 is 0 Å². The van der Waals surface area contributed by atoms with E-state index in [1.165, 1.54) is 0 Å². The molecule has 1 saturated carbocycles. The largest absolute Gasteiger partial charge is 0.409 e. The third-order valence-corrected chi connectivity index (χ3v) is 4.00. The molecule has 0 atom stereocenters. The van der Waals surface area contributed by atoms with Gasteiger partial charge in [-0.2, -0.15) is 0 Å². The van der Waals surface area contributed by atoms with E-state index in [0.717, 1.165) is 12.8 Å². The van der Waals surface area contributed by atoms with E-state index < -0.39 is 5.41 Å². The number of hydrogen-bond acceptors (Lipinski definition) is 4. The number of amidine groups is 1. The molecule has 0 saturated heterocycles. The third kappa shape index (κ3) is 2.58. The average Bonchev–Trinajstić information content (AvgIpc) is 2.34. The zero-order valence-electron chi connectivity index (χ0n) is 11.3. The normalized spacial score (nSPS) is 24.5. The Bertz CT molecular complexity index is 321. The number of carbonyl (C=O) groups excluding carboxylic acids is 1. The molecule has 18 heavy (non-hydrogen) atoms. The SMILES string of the molecule is CCC(CC)(C(=O)NC1CC(OC)C1)C(N)=NO. The van der Waals surface area contributed by atoms with E-state index in [2.05, 4.69) is 10.5 Å². The van der Waals surface area contributed by atoms with Crippen LogP contribution in [0.2, 0.25) is 0 Å². The van der Waals surface area contributed by atoms with Crippen LogP contribution in [0.3, 0.4) is 0 Å². The van der Waals surface area contributed by atoms with Gasteiger partial charge in [-0.15, -0.1) is 0 Å². The molecule has 0 spiro atoms. The molecule has 1 aliphatic rings. The van der Waals surface area contributed by atoms with Crippen LogP contribution in [-0.4, -0.2) is 36.2 Å². The van der Waals surface area contributed by atoms with Crippen LogP contribution in [0.1, 0.15) is 39.5 Å². The lowest BCUT2D eigenvalue weighted by Gasteiger charge is -2.38. The van der Waals surface area contributed by atoms with Gasteiger partial charge in [-0.25, -0.2) is 0 Å². The molecule has 0 bridgehead atoms. The van der Waals surface area contributed by atoms with Gasteiger partial charge in [0, 0.05) is 13.2 Å². The van der Waals surface area contributed by atoms with E-state index in [-0.39, 0.29) is 23.9 Å². The van der Waals surface area contributed by atoms with Gasteiger partial charge in [0.1, 0.15) is 5.41 Å². The fraction of sp³-hybridized carbons (Fsp3) is 0.833. The van der Waals surface area contributed by atoms with Crippen molar-refractivity contribution in [1.82, 2.24) is 5.32 Å². The molecule has 1 fully saturated rings. The van der Waals surface area contributed by atoms with Crippen molar-refractivity contribution >= 4 is 11.7 Å². The maximum Gasteiger partial charge on any atom is 0.234 e. The Hall–Kier alpha value is -1.30. The highest BCUT2D eigenvalue weighted by molar-refractivity contribution is 6.06. The van der Waals surface area contributed by atoms with E-state index in [1.807, 2.05) is 13.8 Å². The molecule has 0 aromatic carbocycles. The van der Waals surface area contributed by atoms with Gasteiger partial charge in [0.2, 0.25) is 5.91 Å². The Morgan fingerprint density at radius 1 is 1.50 bits per heavy atom. The van der Waals surface area contributed by atoms with Crippen LogP contribution in [0.25, 0.3) is 0 Å². The molecule has 1 amide bonds. The first kappa shape index (κ1) is 14.8. The zero-order chi connectivity index (χ0) is 13.8. The van der Waals surface area contributed by atoms with Crippen molar-refractivity contribution in [3.8, 4) is 0 Å². The monoisotopic (exact) mass is 257 g/mol. The fourth-order valence-corrected chi connectivity index (χ4v) is 2.34. The van der Waals surface area contributed by atoms with Crippen LogP contribution in [0.5, 0.6) is 0 Å². The maximum absolute atomic E-state index is 12.3. The molecule has 0 heterocycles. The minimum absolute atomic E-state index is 0.0207. The van der Waals surface area contributed by atoms with Crippen molar-refractivity contribution in [2.75, 3.05) is 7.11 Å². The van der Waals surface area contributed by atoms with E-state index in [1.54, 1.807) is 7.11 Å². The highest BCUT2D eigenvalue weighted by Crippen LogP contribution is 2.29. The quantitative estimate of drug-likeness (QED) is 0.284. The molecule has 4 N–H and O–H groups in total. The van der Waals surface area contributed by atoms with Crippen molar-refractivity contribution in [2.45, 2.75) is 51.7 Å². The number of nitrogens with two attached hydrogens (primary N) is 1. The van der Waals surface area contributed by atoms with Crippen LogP contribution in [0, 0.1) is 5.41 Å². The number of oxime groups is 1. The van der Waals surface area contributed by atoms with Crippen molar-refractivity contribution in [2.24, 2.45) is 16.3 Å². The summed E-state index contributed by atoms with van der Waals surface area (Å²) in [6, 6.07) is 0.131. The lowest BCUT2D eigenvalue weighted by atomic mass is 9.79. The van der Waals surface area contributed by atoms with Crippen LogP contribution in [0.4, 0.5) is 0 Å². The summed E-state index contributed by atoms with van der Waals surface area (Å²) < 4.78 is 5.17. The third-order valence-electron chi connectivity index (χ3n) is 4.00. The molecule has 0 unspecified atom stereocenters. The molecule has 6 nitrogen and oxygen atoms in total. The first-order chi connectivity index (χ1) is 8.53. The summed E-state index contributed by atoms with van der Waals surface area (Å²) in [7, 11) is 1.67. The lowest BCUT2D eigenvalue weighted by Crippen LogP contribution is -2.55. The molecular weight excluding hydrogens is 234 g/mol. The number of ether oxygens (including phenoxy) is 1. The number of nitrogens with one attached hydrogen (secondary N) is 1. The number of hydrogen-bond donors (Lipinski definition) is 3. The van der Waals surface area contributed by atoms with Gasteiger partial charge in [-0.3, -0.25) is 4.79 Å². The Morgan fingerprint density at radius 3 is 2.44 bits per heavy atom. The Morgan fingerprint density at radius 2 is 2.06 bits per heavy atom. The van der Waals surface area contributed by atoms with Crippen molar-refractivity contribution in [1.29, 1.82) is 0 Å². The topological polar surface area (TPSA) is 96.9 Å². The average molecular weight is 257 g/mol. The fourth-order valence-electron chi connectivity index (χ4n) is 2.34. The summed E-state index contributed by atoms with van der Waals surface area (Å²) >= 11 is 0. The van der Waals surface area contributed by atoms with E-state index in [9.17, 15) is 4.79 Å². The number of methoxy groups -OCH3 is 1. The van der Waals surface area contributed by atoms with Gasteiger partial charge in [0.25, 0.3) is 0 Å². The molecular formula is C12H23N3O3. The highest BCUT2D eigenvalue weighted by atomic mass is 16.5. The second kappa shape index (κ2) is 6.04. The first-order valence-corrected chi connectivity index (χ1v) is 6.35. The maximum atomic E-state index is 12.3. The smallest absolute Gasteiger partial charge is 0.234 e. The van der Waals surface area contributed by atoms with Crippen LogP contribution in [0.15, 0.2) is 5.16 Å². The lowest BCUT2D eigenvalue weighted by molar-refractivity contribution is -0.130. The molecule has 0 radical (unpaired) electrons. The summed E-state index contributed by atoms with van der Waals surface area (Å²) in [5.74, 6) is -0.185. The zero-order valence-corrected chi connectivity index (χ0v) is 11.3. The molecule has 6 heteroatoms. The summed E-state index contributed by atoms with van der Waals surface area (Å²) in [4.78, 5) is 12.3. The second-order valence-corrected chi connectivity index (χ2v) is 4.77. The Labute approximate surface area is 108 Å². The predicted molar refractivity (Wildman–Crippen MR) is 68.4 cm³/mol. The second-order valence-electron chi connectivity index (χ2n) is 4.77.